The molecule has 3 nitrogen and oxygen atoms in total. The van der Waals surface area contributed by atoms with Gasteiger partial charge in [-0.1, -0.05) is 15.9 Å². The molecule has 1 saturated carbocycles. The molecule has 15 heavy (non-hydrogen) atoms. The molecule has 0 spiro atoms. The molecule has 1 N–H and O–H groups in total. The first-order valence-electron chi connectivity index (χ1n) is 4.74. The molecule has 1 aliphatic carbocycles. The summed E-state index contributed by atoms with van der Waals surface area (Å²) in [6.07, 6.45) is 3.87. The zero-order valence-corrected chi connectivity index (χ0v) is 11.2. The second-order valence-electron chi connectivity index (χ2n) is 3.92. The van der Waals surface area contributed by atoms with Gasteiger partial charge in [-0.2, -0.15) is 0 Å². The summed E-state index contributed by atoms with van der Waals surface area (Å²) in [4.78, 5) is 11.7. The van der Waals surface area contributed by atoms with E-state index in [0.29, 0.717) is 15.6 Å². The van der Waals surface area contributed by atoms with E-state index < -0.39 is 0 Å². The minimum Gasteiger partial charge on any atom is -0.457 e. The van der Waals surface area contributed by atoms with Crippen molar-refractivity contribution in [3.63, 3.8) is 0 Å². The van der Waals surface area contributed by atoms with E-state index in [1.54, 1.807) is 6.07 Å². The Morgan fingerprint density at radius 2 is 2.33 bits per heavy atom. The van der Waals surface area contributed by atoms with Gasteiger partial charge in [0.1, 0.15) is 0 Å². The molecule has 1 aliphatic rings. The standard InChI is InChI=1S/C10H11Br2NO2/c11-5-10(2-3-10)6-13-9(14)7-1-4-15-8(7)12/h1,4H,2-3,5-6H2,(H,13,14). The van der Waals surface area contributed by atoms with Crippen molar-refractivity contribution < 1.29 is 9.21 Å². The Kier molecular flexibility index (Phi) is 3.21. The monoisotopic (exact) mass is 335 g/mol. The van der Waals surface area contributed by atoms with E-state index in [1.807, 2.05) is 0 Å². The lowest BCUT2D eigenvalue weighted by molar-refractivity contribution is 0.0945. The number of hydrogen-bond donors (Lipinski definition) is 1. The Morgan fingerprint density at radius 1 is 1.60 bits per heavy atom. The van der Waals surface area contributed by atoms with Crippen LogP contribution in [-0.4, -0.2) is 17.8 Å². The van der Waals surface area contributed by atoms with E-state index in [-0.39, 0.29) is 5.91 Å². The number of halogens is 2. The number of nitrogens with one attached hydrogen (secondary N) is 1. The molecular weight excluding hydrogens is 326 g/mol. The van der Waals surface area contributed by atoms with E-state index in [1.165, 1.54) is 19.1 Å². The molecular formula is C10H11Br2NO2. The molecule has 0 radical (unpaired) electrons. The van der Waals surface area contributed by atoms with Crippen LogP contribution in [0, 0.1) is 5.41 Å². The predicted molar refractivity (Wildman–Crippen MR) is 64.2 cm³/mol. The molecule has 0 unspecified atom stereocenters. The molecule has 0 atom stereocenters. The Balaban J connectivity index is 1.91. The number of carbonyl (C=O) groups is 1. The fourth-order valence-corrected chi connectivity index (χ4v) is 2.53. The van der Waals surface area contributed by atoms with Crippen molar-refractivity contribution >= 4 is 37.8 Å². The first-order chi connectivity index (χ1) is 7.17. The topological polar surface area (TPSA) is 42.2 Å². The van der Waals surface area contributed by atoms with Gasteiger partial charge in [0, 0.05) is 11.9 Å². The molecule has 5 heteroatoms. The Bertz CT molecular complexity index is 371. The quantitative estimate of drug-likeness (QED) is 0.859. The maximum absolute atomic E-state index is 11.7. The third-order valence-corrected chi connectivity index (χ3v) is 4.53. The van der Waals surface area contributed by atoms with Gasteiger partial charge in [-0.15, -0.1) is 0 Å². The van der Waals surface area contributed by atoms with Crippen LogP contribution in [0.3, 0.4) is 0 Å². The minimum atomic E-state index is -0.0807. The van der Waals surface area contributed by atoms with Crippen LogP contribution in [0.4, 0.5) is 0 Å². The number of hydrogen-bond acceptors (Lipinski definition) is 2. The second kappa shape index (κ2) is 4.29. The molecule has 0 saturated heterocycles. The largest absolute Gasteiger partial charge is 0.457 e. The van der Waals surface area contributed by atoms with Crippen LogP contribution in [0.2, 0.25) is 0 Å². The van der Waals surface area contributed by atoms with Gasteiger partial charge < -0.3 is 9.73 Å². The average molecular weight is 337 g/mol. The van der Waals surface area contributed by atoms with Gasteiger partial charge in [-0.05, 0) is 40.3 Å². The smallest absolute Gasteiger partial charge is 0.255 e. The molecule has 1 aromatic heterocycles. The van der Waals surface area contributed by atoms with Crippen LogP contribution in [-0.2, 0) is 0 Å². The van der Waals surface area contributed by atoms with Gasteiger partial charge in [0.25, 0.3) is 5.91 Å². The highest BCUT2D eigenvalue weighted by atomic mass is 79.9. The zero-order valence-electron chi connectivity index (χ0n) is 8.06. The van der Waals surface area contributed by atoms with Gasteiger partial charge in [-0.3, -0.25) is 4.79 Å². The number of rotatable bonds is 4. The van der Waals surface area contributed by atoms with Crippen molar-refractivity contribution in [2.75, 3.05) is 11.9 Å². The highest BCUT2D eigenvalue weighted by Gasteiger charge is 2.41. The number of amides is 1. The summed E-state index contributed by atoms with van der Waals surface area (Å²) in [6, 6.07) is 1.66. The van der Waals surface area contributed by atoms with Crippen LogP contribution in [0.15, 0.2) is 21.4 Å². The first kappa shape index (κ1) is 11.2. The highest BCUT2D eigenvalue weighted by molar-refractivity contribution is 9.10. The van der Waals surface area contributed by atoms with Crippen LogP contribution < -0.4 is 5.32 Å². The summed E-state index contributed by atoms with van der Waals surface area (Å²) in [5.41, 5.74) is 0.853. The maximum Gasteiger partial charge on any atom is 0.255 e. The van der Waals surface area contributed by atoms with E-state index >= 15 is 0 Å². The molecule has 2 rings (SSSR count). The van der Waals surface area contributed by atoms with Gasteiger partial charge in [0.2, 0.25) is 0 Å². The summed E-state index contributed by atoms with van der Waals surface area (Å²) in [5.74, 6) is -0.0807. The SMILES string of the molecule is O=C(NCC1(CBr)CC1)c1ccoc1Br. The van der Waals surface area contributed by atoms with E-state index in [4.69, 9.17) is 4.42 Å². The second-order valence-corrected chi connectivity index (χ2v) is 5.21. The van der Waals surface area contributed by atoms with Crippen molar-refractivity contribution in [2.24, 2.45) is 5.41 Å². The lowest BCUT2D eigenvalue weighted by Gasteiger charge is -2.11. The summed E-state index contributed by atoms with van der Waals surface area (Å²) < 4.78 is 5.50. The molecule has 1 amide bonds. The summed E-state index contributed by atoms with van der Waals surface area (Å²) >= 11 is 6.65. The number of furan rings is 1. The van der Waals surface area contributed by atoms with E-state index in [9.17, 15) is 4.79 Å². The fraction of sp³-hybridized carbons (Fsp3) is 0.500. The third-order valence-electron chi connectivity index (χ3n) is 2.73. The molecule has 0 bridgehead atoms. The number of alkyl halides is 1. The highest BCUT2D eigenvalue weighted by Crippen LogP contribution is 2.46. The first-order valence-corrected chi connectivity index (χ1v) is 6.65. The van der Waals surface area contributed by atoms with Gasteiger partial charge in [0.15, 0.2) is 4.67 Å². The van der Waals surface area contributed by atoms with Crippen LogP contribution in [0.1, 0.15) is 23.2 Å². The molecule has 0 aromatic carbocycles. The van der Waals surface area contributed by atoms with Crippen LogP contribution >= 0.6 is 31.9 Å². The lowest BCUT2D eigenvalue weighted by Crippen LogP contribution is -2.30. The fourth-order valence-electron chi connectivity index (χ4n) is 1.35. The van der Waals surface area contributed by atoms with Crippen molar-refractivity contribution in [3.8, 4) is 0 Å². The van der Waals surface area contributed by atoms with Gasteiger partial charge in [0.05, 0.1) is 11.8 Å². The van der Waals surface area contributed by atoms with E-state index in [0.717, 1.165) is 11.9 Å². The Hall–Kier alpha value is -0.290. The zero-order chi connectivity index (χ0) is 10.9. The third kappa shape index (κ3) is 2.45. The summed E-state index contributed by atoms with van der Waals surface area (Å²) in [7, 11) is 0. The molecule has 1 fully saturated rings. The van der Waals surface area contributed by atoms with Crippen LogP contribution in [0.25, 0.3) is 0 Å². The van der Waals surface area contributed by atoms with Crippen molar-refractivity contribution in [3.05, 3.63) is 22.6 Å². The molecule has 82 valence electrons. The maximum atomic E-state index is 11.7. The van der Waals surface area contributed by atoms with Crippen LogP contribution in [0.5, 0.6) is 0 Å². The Labute approximate surface area is 105 Å². The molecule has 1 aromatic rings. The Morgan fingerprint density at radius 3 is 2.80 bits per heavy atom. The molecule has 1 heterocycles. The summed E-state index contributed by atoms with van der Waals surface area (Å²) in [5, 5.41) is 3.87. The predicted octanol–water partition coefficient (Wildman–Crippen LogP) is 2.95. The normalized spacial score (nSPS) is 17.5. The number of carbonyl (C=O) groups excluding carboxylic acids is 1. The lowest BCUT2D eigenvalue weighted by atomic mass is 10.1. The van der Waals surface area contributed by atoms with Crippen molar-refractivity contribution in [1.82, 2.24) is 5.32 Å². The molecule has 0 aliphatic heterocycles. The van der Waals surface area contributed by atoms with Gasteiger partial charge in [-0.25, -0.2) is 0 Å². The van der Waals surface area contributed by atoms with Crippen molar-refractivity contribution in [1.29, 1.82) is 0 Å². The summed E-state index contributed by atoms with van der Waals surface area (Å²) in [6.45, 7) is 0.731. The van der Waals surface area contributed by atoms with E-state index in [2.05, 4.69) is 37.2 Å². The average Bonchev–Trinajstić information content (AvgIpc) is 2.91. The van der Waals surface area contributed by atoms with Gasteiger partial charge >= 0.3 is 0 Å². The van der Waals surface area contributed by atoms with Crippen molar-refractivity contribution in [2.45, 2.75) is 12.8 Å². The minimum absolute atomic E-state index is 0.0807.